The Morgan fingerprint density at radius 1 is 1.44 bits per heavy atom. The first-order valence-electron chi connectivity index (χ1n) is 5.74. The summed E-state index contributed by atoms with van der Waals surface area (Å²) < 4.78 is 22.6. The molecular formula is C10H19N3O4S. The summed E-state index contributed by atoms with van der Waals surface area (Å²) in [5, 5.41) is 11.6. The van der Waals surface area contributed by atoms with Crippen LogP contribution in [0.2, 0.25) is 0 Å². The average molecular weight is 277 g/mol. The lowest BCUT2D eigenvalue weighted by atomic mass is 9.84. The van der Waals surface area contributed by atoms with Gasteiger partial charge >= 0.3 is 0 Å². The number of carbonyl (C=O) groups excluding carboxylic acids is 1. The minimum Gasteiger partial charge on any atom is -0.409 e. The molecule has 1 aliphatic heterocycles. The van der Waals surface area contributed by atoms with Gasteiger partial charge in [0.05, 0.1) is 11.5 Å². The standard InChI is InChI=1S/C10H19N3O4S/c1-3-10(2,8(11)12-15)9(14)13-4-6-18(16,17)7-5-13/h15H,3-7H2,1-2H3,(H2,11,12). The SMILES string of the molecule is CCC(C)(C(=O)N1CCS(=O)(=O)CC1)C(N)=NO. The summed E-state index contributed by atoms with van der Waals surface area (Å²) >= 11 is 0. The number of nitrogens with two attached hydrogens (primary N) is 1. The Bertz CT molecular complexity index is 446. The van der Waals surface area contributed by atoms with Gasteiger partial charge in [-0.05, 0) is 13.3 Å². The molecule has 0 radical (unpaired) electrons. The van der Waals surface area contributed by atoms with Gasteiger partial charge in [0.25, 0.3) is 0 Å². The number of oxime groups is 1. The number of nitrogens with zero attached hydrogens (tertiary/aromatic N) is 2. The minimum atomic E-state index is -3.03. The normalized spacial score (nSPS) is 23.4. The third kappa shape index (κ3) is 2.74. The van der Waals surface area contributed by atoms with E-state index >= 15 is 0 Å². The van der Waals surface area contributed by atoms with Crippen LogP contribution in [0.15, 0.2) is 5.16 Å². The Balaban J connectivity index is 2.87. The van der Waals surface area contributed by atoms with Crippen LogP contribution in [0, 0.1) is 5.41 Å². The Labute approximate surface area is 107 Å². The van der Waals surface area contributed by atoms with Gasteiger partial charge in [0.2, 0.25) is 5.91 Å². The Hall–Kier alpha value is -1.31. The molecule has 18 heavy (non-hydrogen) atoms. The molecule has 1 saturated heterocycles. The van der Waals surface area contributed by atoms with Crippen LogP contribution < -0.4 is 5.73 Å². The molecule has 3 N–H and O–H groups in total. The molecule has 1 aliphatic rings. The van der Waals surface area contributed by atoms with Crippen LogP contribution in [0.1, 0.15) is 20.3 Å². The highest BCUT2D eigenvalue weighted by Gasteiger charge is 2.40. The van der Waals surface area contributed by atoms with Crippen LogP contribution in [0.5, 0.6) is 0 Å². The molecule has 1 atom stereocenters. The summed E-state index contributed by atoms with van der Waals surface area (Å²) in [6, 6.07) is 0. The molecular weight excluding hydrogens is 258 g/mol. The van der Waals surface area contributed by atoms with Crippen LogP contribution in [0.3, 0.4) is 0 Å². The van der Waals surface area contributed by atoms with Gasteiger partial charge in [-0.1, -0.05) is 12.1 Å². The fourth-order valence-electron chi connectivity index (χ4n) is 1.82. The van der Waals surface area contributed by atoms with Gasteiger partial charge in [0.15, 0.2) is 15.7 Å². The van der Waals surface area contributed by atoms with Crippen LogP contribution in [0.4, 0.5) is 0 Å². The molecule has 0 saturated carbocycles. The van der Waals surface area contributed by atoms with E-state index in [0.717, 1.165) is 0 Å². The molecule has 1 fully saturated rings. The zero-order chi connectivity index (χ0) is 14.0. The van der Waals surface area contributed by atoms with Crippen LogP contribution in [0.25, 0.3) is 0 Å². The van der Waals surface area contributed by atoms with Gasteiger partial charge in [0, 0.05) is 13.1 Å². The Morgan fingerprint density at radius 2 is 1.94 bits per heavy atom. The van der Waals surface area contributed by atoms with Crippen LogP contribution >= 0.6 is 0 Å². The van der Waals surface area contributed by atoms with Crippen LogP contribution in [-0.4, -0.2) is 54.9 Å². The highest BCUT2D eigenvalue weighted by atomic mass is 32.2. The van der Waals surface area contributed by atoms with Gasteiger partial charge in [-0.3, -0.25) is 4.79 Å². The fourth-order valence-corrected chi connectivity index (χ4v) is 3.02. The largest absolute Gasteiger partial charge is 0.409 e. The van der Waals surface area contributed by atoms with E-state index in [4.69, 9.17) is 10.9 Å². The van der Waals surface area contributed by atoms with E-state index in [0.29, 0.717) is 6.42 Å². The maximum atomic E-state index is 12.3. The molecule has 7 nitrogen and oxygen atoms in total. The molecule has 0 aromatic carbocycles. The lowest BCUT2D eigenvalue weighted by Gasteiger charge is -2.34. The third-order valence-corrected chi connectivity index (χ3v) is 5.09. The first kappa shape index (κ1) is 14.7. The van der Waals surface area contributed by atoms with E-state index in [-0.39, 0.29) is 36.3 Å². The average Bonchev–Trinajstić information content (AvgIpc) is 2.36. The first-order valence-corrected chi connectivity index (χ1v) is 7.57. The molecule has 0 bridgehead atoms. The predicted octanol–water partition coefficient (Wildman–Crippen LogP) is -0.594. The maximum Gasteiger partial charge on any atom is 0.236 e. The van der Waals surface area contributed by atoms with Crippen molar-refractivity contribution < 1.29 is 18.4 Å². The smallest absolute Gasteiger partial charge is 0.236 e. The second-order valence-corrected chi connectivity index (χ2v) is 6.92. The molecule has 0 aromatic heterocycles. The van der Waals surface area contributed by atoms with Gasteiger partial charge in [-0.2, -0.15) is 0 Å². The van der Waals surface area contributed by atoms with Crippen molar-refractivity contribution in [3.63, 3.8) is 0 Å². The fraction of sp³-hybridized carbons (Fsp3) is 0.800. The predicted molar refractivity (Wildman–Crippen MR) is 67.0 cm³/mol. The third-order valence-electron chi connectivity index (χ3n) is 3.48. The first-order chi connectivity index (χ1) is 8.27. The molecule has 8 heteroatoms. The zero-order valence-electron chi connectivity index (χ0n) is 10.6. The molecule has 0 spiro atoms. The molecule has 1 heterocycles. The van der Waals surface area contributed by atoms with E-state index in [1.165, 1.54) is 4.90 Å². The zero-order valence-corrected chi connectivity index (χ0v) is 11.4. The van der Waals surface area contributed by atoms with E-state index in [9.17, 15) is 13.2 Å². The van der Waals surface area contributed by atoms with Crippen molar-refractivity contribution in [1.29, 1.82) is 0 Å². The topological polar surface area (TPSA) is 113 Å². The van der Waals surface area contributed by atoms with E-state index in [2.05, 4.69) is 5.16 Å². The van der Waals surface area contributed by atoms with Gasteiger partial charge in [0.1, 0.15) is 5.41 Å². The maximum absolute atomic E-state index is 12.3. The van der Waals surface area contributed by atoms with Gasteiger partial charge in [-0.25, -0.2) is 8.42 Å². The molecule has 1 amide bonds. The summed E-state index contributed by atoms with van der Waals surface area (Å²) in [6.45, 7) is 3.68. The Kier molecular flexibility index (Phi) is 4.20. The highest BCUT2D eigenvalue weighted by Crippen LogP contribution is 2.25. The van der Waals surface area contributed by atoms with Crippen molar-refractivity contribution in [1.82, 2.24) is 4.90 Å². The number of hydrogen-bond donors (Lipinski definition) is 2. The van der Waals surface area contributed by atoms with Crippen molar-refractivity contribution in [3.8, 4) is 0 Å². The van der Waals surface area contributed by atoms with E-state index in [1.807, 2.05) is 0 Å². The van der Waals surface area contributed by atoms with Crippen molar-refractivity contribution in [2.75, 3.05) is 24.6 Å². The second kappa shape index (κ2) is 5.13. The summed E-state index contributed by atoms with van der Waals surface area (Å²) in [7, 11) is -3.03. The number of carbonyl (C=O) groups is 1. The lowest BCUT2D eigenvalue weighted by molar-refractivity contribution is -0.137. The summed E-state index contributed by atoms with van der Waals surface area (Å²) in [5.41, 5.74) is 4.47. The van der Waals surface area contributed by atoms with Gasteiger partial charge in [-0.15, -0.1) is 0 Å². The summed E-state index contributed by atoms with van der Waals surface area (Å²) in [4.78, 5) is 13.8. The molecule has 104 valence electrons. The van der Waals surface area contributed by atoms with E-state index in [1.54, 1.807) is 13.8 Å². The molecule has 1 rings (SSSR count). The van der Waals surface area contributed by atoms with Crippen molar-refractivity contribution in [3.05, 3.63) is 0 Å². The Morgan fingerprint density at radius 3 is 2.33 bits per heavy atom. The molecule has 0 aromatic rings. The number of sulfone groups is 1. The number of rotatable bonds is 3. The lowest BCUT2D eigenvalue weighted by Crippen LogP contribution is -2.53. The number of hydrogen-bond acceptors (Lipinski definition) is 5. The molecule has 0 aliphatic carbocycles. The van der Waals surface area contributed by atoms with Crippen molar-refractivity contribution in [2.24, 2.45) is 16.3 Å². The summed E-state index contributed by atoms with van der Waals surface area (Å²) in [5.74, 6) is -0.512. The van der Waals surface area contributed by atoms with Crippen molar-refractivity contribution >= 4 is 21.6 Å². The van der Waals surface area contributed by atoms with Crippen LogP contribution in [-0.2, 0) is 14.6 Å². The summed E-state index contributed by atoms with van der Waals surface area (Å²) in [6.07, 6.45) is 0.380. The quantitative estimate of drug-likeness (QED) is 0.310. The number of amidine groups is 1. The highest BCUT2D eigenvalue weighted by molar-refractivity contribution is 7.91. The van der Waals surface area contributed by atoms with Gasteiger partial charge < -0.3 is 15.8 Å². The second-order valence-electron chi connectivity index (χ2n) is 4.61. The monoisotopic (exact) mass is 277 g/mol. The van der Waals surface area contributed by atoms with E-state index < -0.39 is 15.3 Å². The van der Waals surface area contributed by atoms with Crippen molar-refractivity contribution in [2.45, 2.75) is 20.3 Å². The number of amides is 1. The molecule has 1 unspecified atom stereocenters. The minimum absolute atomic E-state index is 0.0330.